The summed E-state index contributed by atoms with van der Waals surface area (Å²) in [5, 5.41) is 7.52. The van der Waals surface area contributed by atoms with Gasteiger partial charge in [-0.15, -0.1) is 11.3 Å². The first kappa shape index (κ1) is 13.9. The van der Waals surface area contributed by atoms with Crippen molar-refractivity contribution in [2.75, 3.05) is 11.9 Å². The van der Waals surface area contributed by atoms with Gasteiger partial charge in [-0.2, -0.15) is 0 Å². The smallest absolute Gasteiger partial charge is 0.271 e. The van der Waals surface area contributed by atoms with Crippen LogP contribution in [0.5, 0.6) is 0 Å². The predicted octanol–water partition coefficient (Wildman–Crippen LogP) is 0.805. The van der Waals surface area contributed by atoms with Gasteiger partial charge in [-0.3, -0.25) is 9.59 Å². The van der Waals surface area contributed by atoms with E-state index >= 15 is 0 Å². The summed E-state index contributed by atoms with van der Waals surface area (Å²) in [5.41, 5.74) is 6.06. The van der Waals surface area contributed by atoms with Gasteiger partial charge >= 0.3 is 0 Å². The first-order valence-electron chi connectivity index (χ1n) is 5.77. The minimum atomic E-state index is -0.601. The Morgan fingerprint density at radius 2 is 2.15 bits per heavy atom. The van der Waals surface area contributed by atoms with E-state index in [0.717, 1.165) is 5.69 Å². The molecule has 0 spiro atoms. The van der Waals surface area contributed by atoms with Crippen LogP contribution in [0.1, 0.15) is 16.2 Å². The zero-order valence-electron chi connectivity index (χ0n) is 10.7. The number of rotatable bonds is 5. The molecule has 8 heteroatoms. The lowest BCUT2D eigenvalue weighted by Gasteiger charge is -2.02. The number of aryl methyl sites for hydroxylation is 1. The number of carbonyl (C=O) groups is 2. The fourth-order valence-corrected chi connectivity index (χ4v) is 2.11. The number of anilines is 2. The van der Waals surface area contributed by atoms with Crippen molar-refractivity contribution >= 4 is 34.1 Å². The maximum Gasteiger partial charge on any atom is 0.271 e. The Kier molecular flexibility index (Phi) is 4.26. The van der Waals surface area contributed by atoms with Crippen LogP contribution in [0, 0.1) is 6.92 Å². The number of pyridine rings is 1. The van der Waals surface area contributed by atoms with Crippen LogP contribution in [0.15, 0.2) is 23.6 Å². The van der Waals surface area contributed by atoms with Gasteiger partial charge in [-0.05, 0) is 19.1 Å². The molecule has 2 rings (SSSR count). The second-order valence-corrected chi connectivity index (χ2v) is 4.83. The molecule has 0 radical (unpaired) electrons. The van der Waals surface area contributed by atoms with Crippen LogP contribution in [0.2, 0.25) is 0 Å². The predicted molar refractivity (Wildman–Crippen MR) is 75.9 cm³/mol. The first-order valence-corrected chi connectivity index (χ1v) is 6.65. The third kappa shape index (κ3) is 3.75. The molecule has 2 aromatic heterocycles. The highest BCUT2D eigenvalue weighted by atomic mass is 32.1. The molecule has 0 saturated heterocycles. The van der Waals surface area contributed by atoms with Crippen LogP contribution in [-0.2, 0) is 4.79 Å². The number of nitrogens with one attached hydrogen (secondary N) is 2. The average molecular weight is 291 g/mol. The maximum atomic E-state index is 11.7. The van der Waals surface area contributed by atoms with E-state index < -0.39 is 11.8 Å². The first-order chi connectivity index (χ1) is 9.54. The monoisotopic (exact) mass is 291 g/mol. The fourth-order valence-electron chi connectivity index (χ4n) is 1.42. The topological polar surface area (TPSA) is 110 Å². The number of primary amides is 1. The molecule has 2 amide bonds. The number of amides is 2. The molecule has 2 heterocycles. The van der Waals surface area contributed by atoms with E-state index in [0.29, 0.717) is 10.9 Å². The number of hydrogen-bond donors (Lipinski definition) is 3. The largest absolute Gasteiger partial charge is 0.368 e. The Morgan fingerprint density at radius 1 is 1.35 bits per heavy atom. The van der Waals surface area contributed by atoms with Crippen molar-refractivity contribution in [2.45, 2.75) is 6.92 Å². The average Bonchev–Trinajstić information content (AvgIpc) is 2.84. The van der Waals surface area contributed by atoms with E-state index in [1.165, 1.54) is 11.3 Å². The van der Waals surface area contributed by atoms with Gasteiger partial charge in [0.2, 0.25) is 5.91 Å². The minimum Gasteiger partial charge on any atom is -0.368 e. The number of nitrogens with two attached hydrogens (primary N) is 1. The number of aromatic nitrogens is 2. The standard InChI is InChI=1S/C12H13N5O2S/c1-7-3-2-4-10(15-7)17-12-16-8(6-20-12)11(19)14-5-9(13)18/h2-4,6H,5H2,1H3,(H2,13,18)(H,14,19)(H,15,16,17). The summed E-state index contributed by atoms with van der Waals surface area (Å²) >= 11 is 1.27. The second kappa shape index (κ2) is 6.11. The lowest BCUT2D eigenvalue weighted by atomic mass is 10.4. The van der Waals surface area contributed by atoms with Crippen LogP contribution in [0.4, 0.5) is 10.9 Å². The van der Waals surface area contributed by atoms with E-state index in [-0.39, 0.29) is 12.2 Å². The van der Waals surface area contributed by atoms with Gasteiger partial charge < -0.3 is 16.4 Å². The lowest BCUT2D eigenvalue weighted by molar-refractivity contribution is -0.117. The van der Waals surface area contributed by atoms with Gasteiger partial charge in [0.15, 0.2) is 5.13 Å². The van der Waals surface area contributed by atoms with Crippen molar-refractivity contribution in [3.63, 3.8) is 0 Å². The summed E-state index contributed by atoms with van der Waals surface area (Å²) in [4.78, 5) is 30.6. The Balaban J connectivity index is 2.02. The molecule has 0 fully saturated rings. The molecule has 0 aromatic carbocycles. The summed E-state index contributed by atoms with van der Waals surface area (Å²) < 4.78 is 0. The third-order valence-electron chi connectivity index (χ3n) is 2.28. The van der Waals surface area contributed by atoms with Crippen LogP contribution >= 0.6 is 11.3 Å². The van der Waals surface area contributed by atoms with Crippen molar-refractivity contribution in [1.29, 1.82) is 0 Å². The molecule has 0 atom stereocenters. The number of hydrogen-bond acceptors (Lipinski definition) is 6. The number of nitrogens with zero attached hydrogens (tertiary/aromatic N) is 2. The van der Waals surface area contributed by atoms with Gasteiger partial charge in [0.1, 0.15) is 11.5 Å². The van der Waals surface area contributed by atoms with E-state index in [2.05, 4.69) is 20.6 Å². The maximum absolute atomic E-state index is 11.7. The van der Waals surface area contributed by atoms with E-state index in [1.807, 2.05) is 19.1 Å². The molecule has 20 heavy (non-hydrogen) atoms. The van der Waals surface area contributed by atoms with Crippen molar-refractivity contribution in [2.24, 2.45) is 5.73 Å². The van der Waals surface area contributed by atoms with Crippen molar-refractivity contribution in [3.8, 4) is 0 Å². The quantitative estimate of drug-likeness (QED) is 0.755. The molecule has 0 unspecified atom stereocenters. The van der Waals surface area contributed by atoms with E-state index in [9.17, 15) is 9.59 Å². The highest BCUT2D eigenvalue weighted by Gasteiger charge is 2.11. The number of thiazole rings is 1. The van der Waals surface area contributed by atoms with Crippen molar-refractivity contribution in [1.82, 2.24) is 15.3 Å². The SMILES string of the molecule is Cc1cccc(Nc2nc(C(=O)NCC(N)=O)cs2)n1. The molecule has 4 N–H and O–H groups in total. The van der Waals surface area contributed by atoms with E-state index in [4.69, 9.17) is 5.73 Å². The molecular formula is C12H13N5O2S. The van der Waals surface area contributed by atoms with Crippen molar-refractivity contribution < 1.29 is 9.59 Å². The van der Waals surface area contributed by atoms with Gasteiger partial charge in [0.25, 0.3) is 5.91 Å². The summed E-state index contributed by atoms with van der Waals surface area (Å²) in [6.45, 7) is 1.67. The highest BCUT2D eigenvalue weighted by Crippen LogP contribution is 2.19. The molecule has 104 valence electrons. The van der Waals surface area contributed by atoms with Crippen LogP contribution in [0.25, 0.3) is 0 Å². The molecular weight excluding hydrogens is 278 g/mol. The van der Waals surface area contributed by atoms with E-state index in [1.54, 1.807) is 11.4 Å². The van der Waals surface area contributed by atoms with Crippen LogP contribution in [-0.4, -0.2) is 28.3 Å². The summed E-state index contributed by atoms with van der Waals surface area (Å²) in [5.74, 6) is -0.385. The Bertz CT molecular complexity index is 640. The van der Waals surface area contributed by atoms with Gasteiger partial charge in [0, 0.05) is 11.1 Å². The normalized spacial score (nSPS) is 10.1. The Labute approximate surface area is 119 Å². The molecule has 0 aliphatic heterocycles. The third-order valence-corrected chi connectivity index (χ3v) is 3.04. The Hall–Kier alpha value is -2.48. The molecule has 7 nitrogen and oxygen atoms in total. The lowest BCUT2D eigenvalue weighted by Crippen LogP contribution is -2.33. The van der Waals surface area contributed by atoms with Crippen LogP contribution < -0.4 is 16.4 Å². The van der Waals surface area contributed by atoms with Crippen LogP contribution in [0.3, 0.4) is 0 Å². The summed E-state index contributed by atoms with van der Waals surface area (Å²) in [7, 11) is 0. The van der Waals surface area contributed by atoms with Gasteiger partial charge in [-0.25, -0.2) is 9.97 Å². The molecule has 0 bridgehead atoms. The molecule has 2 aromatic rings. The summed E-state index contributed by atoms with van der Waals surface area (Å²) in [6.07, 6.45) is 0. The zero-order valence-corrected chi connectivity index (χ0v) is 11.5. The second-order valence-electron chi connectivity index (χ2n) is 3.98. The molecule has 0 aliphatic carbocycles. The molecule has 0 aliphatic rings. The minimum absolute atomic E-state index is 0.210. The zero-order chi connectivity index (χ0) is 14.5. The molecule has 0 saturated carbocycles. The van der Waals surface area contributed by atoms with Crippen molar-refractivity contribution in [3.05, 3.63) is 35.0 Å². The Morgan fingerprint density at radius 3 is 2.85 bits per heavy atom. The van der Waals surface area contributed by atoms with Gasteiger partial charge in [0.05, 0.1) is 6.54 Å². The number of carbonyl (C=O) groups excluding carboxylic acids is 2. The van der Waals surface area contributed by atoms with Gasteiger partial charge in [-0.1, -0.05) is 6.07 Å². The fraction of sp³-hybridized carbons (Fsp3) is 0.167. The highest BCUT2D eigenvalue weighted by molar-refractivity contribution is 7.14. The summed E-state index contributed by atoms with van der Waals surface area (Å²) in [6, 6.07) is 5.57.